The summed E-state index contributed by atoms with van der Waals surface area (Å²) in [5, 5.41) is 10.5. The lowest BCUT2D eigenvalue weighted by Gasteiger charge is -2.10. The third-order valence-corrected chi connectivity index (χ3v) is 2.76. The first-order valence-electron chi connectivity index (χ1n) is 5.33. The maximum atomic E-state index is 11.7. The molecule has 0 radical (unpaired) electrons. The van der Waals surface area contributed by atoms with Crippen molar-refractivity contribution in [2.24, 2.45) is 0 Å². The minimum absolute atomic E-state index is 0.0915. The molecule has 1 aromatic heterocycles. The average Bonchev–Trinajstić information content (AvgIpc) is 2.29. The summed E-state index contributed by atoms with van der Waals surface area (Å²) in [6, 6.07) is 6.75. The van der Waals surface area contributed by atoms with Gasteiger partial charge >= 0.3 is 5.63 Å². The highest BCUT2D eigenvalue weighted by atomic mass is 16.4. The third kappa shape index (κ3) is 1.93. The van der Waals surface area contributed by atoms with E-state index in [0.717, 1.165) is 6.29 Å². The van der Waals surface area contributed by atoms with E-state index >= 15 is 0 Å². The van der Waals surface area contributed by atoms with Gasteiger partial charge in [-0.3, -0.25) is 0 Å². The molecule has 1 aromatic carbocycles. The number of carbonyl (C=O) groups is 1. The summed E-state index contributed by atoms with van der Waals surface area (Å²) in [6.07, 6.45) is 0.898. The monoisotopic (exact) mass is 232 g/mol. The Morgan fingerprint density at radius 1 is 1.41 bits per heavy atom. The molecule has 4 heteroatoms. The van der Waals surface area contributed by atoms with Crippen molar-refractivity contribution in [3.8, 4) is 5.75 Å². The molecular formula is C13H12O4. The summed E-state index contributed by atoms with van der Waals surface area (Å²) in [7, 11) is 0. The third-order valence-electron chi connectivity index (χ3n) is 2.76. The number of aldehydes is 1. The van der Waals surface area contributed by atoms with Gasteiger partial charge in [-0.15, -0.1) is 0 Å². The van der Waals surface area contributed by atoms with Gasteiger partial charge in [-0.2, -0.15) is 0 Å². The number of rotatable bonds is 3. The SMILES string of the molecule is CC(CC=O)c1c(O)c2ccccc2oc1=O. The number of benzene rings is 1. The molecule has 0 saturated carbocycles. The Balaban J connectivity index is 2.71. The Labute approximate surface area is 97.5 Å². The number of hydrogen-bond acceptors (Lipinski definition) is 4. The second-order valence-electron chi connectivity index (χ2n) is 3.95. The lowest BCUT2D eigenvalue weighted by Crippen LogP contribution is -2.11. The van der Waals surface area contributed by atoms with E-state index in [9.17, 15) is 14.7 Å². The molecule has 0 aliphatic rings. The van der Waals surface area contributed by atoms with Crippen LogP contribution in [0.2, 0.25) is 0 Å². The van der Waals surface area contributed by atoms with Crippen molar-refractivity contribution < 1.29 is 14.3 Å². The summed E-state index contributed by atoms with van der Waals surface area (Å²) in [5.74, 6) is -0.445. The van der Waals surface area contributed by atoms with Gasteiger partial charge in [0.2, 0.25) is 0 Å². The molecule has 0 aliphatic heterocycles. The number of aromatic hydroxyl groups is 1. The number of fused-ring (bicyclic) bond motifs is 1. The molecule has 0 amide bonds. The Bertz CT molecular complexity index is 612. The van der Waals surface area contributed by atoms with E-state index in [2.05, 4.69) is 0 Å². The summed E-state index contributed by atoms with van der Waals surface area (Å²) in [6.45, 7) is 1.70. The molecule has 4 nitrogen and oxygen atoms in total. The Morgan fingerprint density at radius 2 is 2.12 bits per heavy atom. The molecule has 0 saturated heterocycles. The molecule has 17 heavy (non-hydrogen) atoms. The summed E-state index contributed by atoms with van der Waals surface area (Å²) in [4.78, 5) is 22.2. The number of carbonyl (C=O) groups excluding carboxylic acids is 1. The van der Waals surface area contributed by atoms with E-state index in [1.165, 1.54) is 0 Å². The van der Waals surface area contributed by atoms with E-state index in [0.29, 0.717) is 11.0 Å². The topological polar surface area (TPSA) is 67.5 Å². The Hall–Kier alpha value is -2.10. The van der Waals surface area contributed by atoms with Crippen molar-refractivity contribution in [2.75, 3.05) is 0 Å². The van der Waals surface area contributed by atoms with Gasteiger partial charge in [0.25, 0.3) is 0 Å². The summed E-state index contributed by atoms with van der Waals surface area (Å²) < 4.78 is 5.11. The minimum Gasteiger partial charge on any atom is -0.507 e. The van der Waals surface area contributed by atoms with Crippen LogP contribution in [-0.2, 0) is 4.79 Å². The smallest absolute Gasteiger partial charge is 0.343 e. The molecule has 88 valence electrons. The van der Waals surface area contributed by atoms with Gasteiger partial charge in [-0.05, 0) is 18.1 Å². The average molecular weight is 232 g/mol. The first-order valence-corrected chi connectivity index (χ1v) is 5.33. The van der Waals surface area contributed by atoms with Gasteiger partial charge in [0.15, 0.2) is 0 Å². The van der Waals surface area contributed by atoms with E-state index in [1.54, 1.807) is 31.2 Å². The first-order chi connectivity index (χ1) is 8.15. The van der Waals surface area contributed by atoms with Gasteiger partial charge in [-0.1, -0.05) is 19.1 Å². The van der Waals surface area contributed by atoms with Crippen LogP contribution in [0.1, 0.15) is 24.8 Å². The molecular weight excluding hydrogens is 220 g/mol. The summed E-state index contributed by atoms with van der Waals surface area (Å²) in [5.41, 5.74) is -0.0802. The number of hydrogen-bond donors (Lipinski definition) is 1. The molecule has 0 fully saturated rings. The van der Waals surface area contributed by atoms with Crippen LogP contribution in [-0.4, -0.2) is 11.4 Å². The van der Waals surface area contributed by atoms with Crippen molar-refractivity contribution in [3.63, 3.8) is 0 Å². The fourth-order valence-electron chi connectivity index (χ4n) is 1.84. The van der Waals surface area contributed by atoms with Gasteiger partial charge in [0.1, 0.15) is 17.6 Å². The van der Waals surface area contributed by atoms with Crippen molar-refractivity contribution in [3.05, 3.63) is 40.2 Å². The number of para-hydroxylation sites is 1. The predicted molar refractivity (Wildman–Crippen MR) is 63.2 cm³/mol. The van der Waals surface area contributed by atoms with Crippen molar-refractivity contribution in [1.29, 1.82) is 0 Å². The van der Waals surface area contributed by atoms with Crippen LogP contribution < -0.4 is 5.63 Å². The molecule has 0 spiro atoms. The largest absolute Gasteiger partial charge is 0.507 e. The summed E-state index contributed by atoms with van der Waals surface area (Å²) >= 11 is 0. The fourth-order valence-corrected chi connectivity index (χ4v) is 1.84. The predicted octanol–water partition coefficient (Wildman–Crippen LogP) is 2.19. The van der Waals surface area contributed by atoms with Crippen molar-refractivity contribution in [1.82, 2.24) is 0 Å². The van der Waals surface area contributed by atoms with Gasteiger partial charge in [0, 0.05) is 6.42 Å². The molecule has 2 aromatic rings. The maximum absolute atomic E-state index is 11.7. The highest BCUT2D eigenvalue weighted by Gasteiger charge is 2.18. The second-order valence-corrected chi connectivity index (χ2v) is 3.95. The van der Waals surface area contributed by atoms with Gasteiger partial charge in [0.05, 0.1) is 10.9 Å². The van der Waals surface area contributed by atoms with Crippen LogP contribution in [0.5, 0.6) is 5.75 Å². The minimum atomic E-state index is -0.587. The van der Waals surface area contributed by atoms with Crippen LogP contribution in [0.4, 0.5) is 0 Å². The molecule has 0 bridgehead atoms. The zero-order valence-corrected chi connectivity index (χ0v) is 9.34. The molecule has 2 rings (SSSR count). The first kappa shape index (κ1) is 11.4. The standard InChI is InChI=1S/C13H12O4/c1-8(6-7-14)11-12(15)9-4-2-3-5-10(9)17-13(11)16/h2-5,7-8,15H,6H2,1H3. The van der Waals surface area contributed by atoms with E-state index in [1.807, 2.05) is 0 Å². The van der Waals surface area contributed by atoms with Crippen molar-refractivity contribution in [2.45, 2.75) is 19.3 Å². The maximum Gasteiger partial charge on any atom is 0.343 e. The Morgan fingerprint density at radius 3 is 2.82 bits per heavy atom. The normalized spacial score (nSPS) is 12.5. The molecule has 1 atom stereocenters. The second kappa shape index (κ2) is 4.41. The van der Waals surface area contributed by atoms with Crippen LogP contribution in [0.25, 0.3) is 11.0 Å². The van der Waals surface area contributed by atoms with Crippen LogP contribution in [0.3, 0.4) is 0 Å². The lowest BCUT2D eigenvalue weighted by atomic mass is 9.98. The van der Waals surface area contributed by atoms with Gasteiger partial charge in [-0.25, -0.2) is 4.79 Å². The van der Waals surface area contributed by atoms with E-state index in [-0.39, 0.29) is 23.7 Å². The molecule has 1 unspecified atom stereocenters. The van der Waals surface area contributed by atoms with Crippen LogP contribution in [0.15, 0.2) is 33.5 Å². The molecule has 0 aliphatic carbocycles. The van der Waals surface area contributed by atoms with E-state index in [4.69, 9.17) is 4.42 Å². The fraction of sp³-hybridized carbons (Fsp3) is 0.231. The molecule has 1 heterocycles. The zero-order valence-electron chi connectivity index (χ0n) is 9.34. The van der Waals surface area contributed by atoms with Crippen molar-refractivity contribution >= 4 is 17.3 Å². The quantitative estimate of drug-likeness (QED) is 0.650. The zero-order chi connectivity index (χ0) is 12.4. The highest BCUT2D eigenvalue weighted by molar-refractivity contribution is 5.84. The highest BCUT2D eigenvalue weighted by Crippen LogP contribution is 2.31. The lowest BCUT2D eigenvalue weighted by molar-refractivity contribution is -0.108. The van der Waals surface area contributed by atoms with Crippen LogP contribution in [0, 0.1) is 0 Å². The Kier molecular flexibility index (Phi) is 2.95. The van der Waals surface area contributed by atoms with Crippen LogP contribution >= 0.6 is 0 Å². The van der Waals surface area contributed by atoms with E-state index < -0.39 is 5.63 Å². The van der Waals surface area contributed by atoms with Gasteiger partial charge < -0.3 is 14.3 Å². The molecule has 1 N–H and O–H groups in total.